The zero-order valence-corrected chi connectivity index (χ0v) is 13.1. The highest BCUT2D eigenvalue weighted by atomic mass is 16.5. The second-order valence-electron chi connectivity index (χ2n) is 4.09. The number of ether oxygens (including phenoxy) is 1. The first-order chi connectivity index (χ1) is 9.26. The predicted molar refractivity (Wildman–Crippen MR) is 85.0 cm³/mol. The summed E-state index contributed by atoms with van der Waals surface area (Å²) in [5, 5.41) is 0. The van der Waals surface area contributed by atoms with Gasteiger partial charge < -0.3 is 4.74 Å². The SMILES string of the molecule is CC.CC/C=C(C)\C=C(/CC)OCc1ccccc1. The van der Waals surface area contributed by atoms with Crippen LogP contribution in [0.15, 0.2) is 53.8 Å². The third-order valence-electron chi connectivity index (χ3n) is 2.53. The standard InChI is InChI=1S/C16H22O.C2H6/c1-4-9-14(3)12-16(5-2)17-13-15-10-7-6-8-11-15;1-2/h6-12H,4-5,13H2,1-3H3;1-2H3/b14-9-,16-12+;. The molecule has 0 aliphatic carbocycles. The lowest BCUT2D eigenvalue weighted by atomic mass is 10.2. The van der Waals surface area contributed by atoms with Gasteiger partial charge in [-0.25, -0.2) is 0 Å². The fourth-order valence-corrected chi connectivity index (χ4v) is 1.63. The van der Waals surface area contributed by atoms with Crippen LogP contribution in [0, 0.1) is 0 Å². The van der Waals surface area contributed by atoms with Crippen molar-refractivity contribution < 1.29 is 4.74 Å². The van der Waals surface area contributed by atoms with Crippen molar-refractivity contribution in [1.29, 1.82) is 0 Å². The van der Waals surface area contributed by atoms with Gasteiger partial charge in [0.1, 0.15) is 6.61 Å². The van der Waals surface area contributed by atoms with Gasteiger partial charge in [-0.3, -0.25) is 0 Å². The molecule has 0 saturated carbocycles. The maximum atomic E-state index is 5.81. The summed E-state index contributed by atoms with van der Waals surface area (Å²) in [4.78, 5) is 0. The zero-order chi connectivity index (χ0) is 14.5. The molecule has 1 aromatic rings. The molecule has 0 spiro atoms. The molecular formula is C18H28O. The molecule has 0 saturated heterocycles. The quantitative estimate of drug-likeness (QED) is 0.458. The molecule has 1 nitrogen and oxygen atoms in total. The van der Waals surface area contributed by atoms with Gasteiger partial charge in [-0.2, -0.15) is 0 Å². The van der Waals surface area contributed by atoms with Gasteiger partial charge in [-0.05, 0) is 25.0 Å². The first-order valence-corrected chi connectivity index (χ1v) is 7.30. The van der Waals surface area contributed by atoms with Crippen LogP contribution in [0.25, 0.3) is 0 Å². The predicted octanol–water partition coefficient (Wildman–Crippen LogP) is 5.88. The average molecular weight is 260 g/mol. The lowest BCUT2D eigenvalue weighted by Gasteiger charge is -2.09. The van der Waals surface area contributed by atoms with Crippen LogP contribution in [0.3, 0.4) is 0 Å². The molecule has 106 valence electrons. The Bertz CT molecular complexity index is 374. The minimum atomic E-state index is 0.653. The van der Waals surface area contributed by atoms with Gasteiger partial charge in [0.25, 0.3) is 0 Å². The molecule has 0 fully saturated rings. The van der Waals surface area contributed by atoms with E-state index in [9.17, 15) is 0 Å². The highest BCUT2D eigenvalue weighted by Gasteiger charge is 1.97. The largest absolute Gasteiger partial charge is 0.493 e. The van der Waals surface area contributed by atoms with E-state index in [1.165, 1.54) is 11.1 Å². The van der Waals surface area contributed by atoms with E-state index in [0.29, 0.717) is 6.61 Å². The summed E-state index contributed by atoms with van der Waals surface area (Å²) < 4.78 is 5.81. The Balaban J connectivity index is 0.00000154. The van der Waals surface area contributed by atoms with Gasteiger partial charge in [0, 0.05) is 6.42 Å². The minimum absolute atomic E-state index is 0.653. The second kappa shape index (κ2) is 11.6. The van der Waals surface area contributed by atoms with Crippen molar-refractivity contribution in [2.24, 2.45) is 0 Å². The first-order valence-electron chi connectivity index (χ1n) is 7.30. The molecule has 0 aliphatic heterocycles. The molecule has 1 heteroatoms. The Morgan fingerprint density at radius 1 is 1.11 bits per heavy atom. The van der Waals surface area contributed by atoms with Crippen LogP contribution in [0.1, 0.15) is 53.0 Å². The number of allylic oxidation sites excluding steroid dienone is 4. The Morgan fingerprint density at radius 3 is 2.26 bits per heavy atom. The van der Waals surface area contributed by atoms with Gasteiger partial charge in [-0.1, -0.05) is 69.7 Å². The molecular weight excluding hydrogens is 232 g/mol. The Hall–Kier alpha value is -1.50. The summed E-state index contributed by atoms with van der Waals surface area (Å²) >= 11 is 0. The van der Waals surface area contributed by atoms with E-state index < -0.39 is 0 Å². The van der Waals surface area contributed by atoms with Crippen molar-refractivity contribution >= 4 is 0 Å². The summed E-state index contributed by atoms with van der Waals surface area (Å²) in [6.45, 7) is 11.0. The molecule has 0 atom stereocenters. The third kappa shape index (κ3) is 8.25. The van der Waals surface area contributed by atoms with Crippen molar-refractivity contribution in [3.05, 3.63) is 59.4 Å². The monoisotopic (exact) mass is 260 g/mol. The van der Waals surface area contributed by atoms with E-state index in [1.54, 1.807) is 0 Å². The summed E-state index contributed by atoms with van der Waals surface area (Å²) in [5.74, 6) is 1.05. The molecule has 0 amide bonds. The smallest absolute Gasteiger partial charge is 0.113 e. The molecule has 0 aromatic heterocycles. The average Bonchev–Trinajstić information content (AvgIpc) is 2.47. The van der Waals surface area contributed by atoms with Crippen LogP contribution in [-0.4, -0.2) is 0 Å². The molecule has 0 heterocycles. The van der Waals surface area contributed by atoms with Crippen LogP contribution in [0.5, 0.6) is 0 Å². The number of rotatable bonds is 6. The van der Waals surface area contributed by atoms with Gasteiger partial charge in [0.15, 0.2) is 0 Å². The molecule has 19 heavy (non-hydrogen) atoms. The van der Waals surface area contributed by atoms with Gasteiger partial charge in [0.05, 0.1) is 5.76 Å². The highest BCUT2D eigenvalue weighted by molar-refractivity contribution is 5.19. The van der Waals surface area contributed by atoms with E-state index >= 15 is 0 Å². The first kappa shape index (κ1) is 17.5. The fourth-order valence-electron chi connectivity index (χ4n) is 1.63. The maximum Gasteiger partial charge on any atom is 0.113 e. The Kier molecular flexibility index (Phi) is 10.7. The lowest BCUT2D eigenvalue weighted by molar-refractivity contribution is 0.191. The molecule has 0 aliphatic rings. The van der Waals surface area contributed by atoms with Crippen molar-refractivity contribution in [2.45, 2.75) is 54.1 Å². The summed E-state index contributed by atoms with van der Waals surface area (Å²) in [5.41, 5.74) is 2.49. The Morgan fingerprint density at radius 2 is 1.74 bits per heavy atom. The Labute approximate surface area is 119 Å². The van der Waals surface area contributed by atoms with E-state index in [2.05, 4.69) is 45.1 Å². The summed E-state index contributed by atoms with van der Waals surface area (Å²) in [6.07, 6.45) is 6.34. The van der Waals surface area contributed by atoms with Crippen LogP contribution in [-0.2, 0) is 11.3 Å². The number of hydrogen-bond acceptors (Lipinski definition) is 1. The molecule has 0 unspecified atom stereocenters. The normalized spacial score (nSPS) is 11.6. The molecule has 1 rings (SSSR count). The van der Waals surface area contributed by atoms with Gasteiger partial charge >= 0.3 is 0 Å². The number of hydrogen-bond donors (Lipinski definition) is 0. The van der Waals surface area contributed by atoms with Gasteiger partial charge in [-0.15, -0.1) is 0 Å². The molecule has 0 radical (unpaired) electrons. The van der Waals surface area contributed by atoms with E-state index in [1.807, 2.05) is 32.0 Å². The molecule has 1 aromatic carbocycles. The maximum absolute atomic E-state index is 5.81. The topological polar surface area (TPSA) is 9.23 Å². The fraction of sp³-hybridized carbons (Fsp3) is 0.444. The van der Waals surface area contributed by atoms with E-state index in [0.717, 1.165) is 18.6 Å². The second-order valence-corrected chi connectivity index (χ2v) is 4.09. The van der Waals surface area contributed by atoms with Gasteiger partial charge in [0.2, 0.25) is 0 Å². The van der Waals surface area contributed by atoms with Crippen LogP contribution < -0.4 is 0 Å². The van der Waals surface area contributed by atoms with E-state index in [-0.39, 0.29) is 0 Å². The highest BCUT2D eigenvalue weighted by Crippen LogP contribution is 2.11. The minimum Gasteiger partial charge on any atom is -0.493 e. The zero-order valence-electron chi connectivity index (χ0n) is 13.1. The van der Waals surface area contributed by atoms with Crippen molar-refractivity contribution in [3.63, 3.8) is 0 Å². The van der Waals surface area contributed by atoms with Crippen molar-refractivity contribution in [1.82, 2.24) is 0 Å². The molecule has 0 N–H and O–H groups in total. The number of benzene rings is 1. The summed E-state index contributed by atoms with van der Waals surface area (Å²) in [7, 11) is 0. The molecule has 0 bridgehead atoms. The van der Waals surface area contributed by atoms with Crippen LogP contribution >= 0.6 is 0 Å². The summed E-state index contributed by atoms with van der Waals surface area (Å²) in [6, 6.07) is 10.3. The van der Waals surface area contributed by atoms with Crippen molar-refractivity contribution in [3.8, 4) is 0 Å². The van der Waals surface area contributed by atoms with E-state index in [4.69, 9.17) is 4.74 Å². The third-order valence-corrected chi connectivity index (χ3v) is 2.53. The van der Waals surface area contributed by atoms with Crippen molar-refractivity contribution in [2.75, 3.05) is 0 Å². The lowest BCUT2D eigenvalue weighted by Crippen LogP contribution is -1.93. The van der Waals surface area contributed by atoms with Crippen LogP contribution in [0.4, 0.5) is 0 Å². The van der Waals surface area contributed by atoms with Crippen LogP contribution in [0.2, 0.25) is 0 Å².